The summed E-state index contributed by atoms with van der Waals surface area (Å²) in [5.41, 5.74) is -0.155. The smallest absolute Gasteiger partial charge is 0.290 e. The fourth-order valence-corrected chi connectivity index (χ4v) is 2.01. The van der Waals surface area contributed by atoms with Crippen LogP contribution >= 0.6 is 0 Å². The Hall–Kier alpha value is -2.13. The molecule has 0 aromatic heterocycles. The van der Waals surface area contributed by atoms with Crippen LogP contribution in [-0.4, -0.2) is 36.1 Å². The van der Waals surface area contributed by atoms with Crippen molar-refractivity contribution in [2.45, 2.75) is 12.5 Å². The summed E-state index contributed by atoms with van der Waals surface area (Å²) in [5.74, 6) is 0.445. The summed E-state index contributed by atoms with van der Waals surface area (Å²) in [6, 6.07) is 6.14. The minimum atomic E-state index is -0.563. The van der Waals surface area contributed by atoms with Gasteiger partial charge in [-0.15, -0.1) is 0 Å². The van der Waals surface area contributed by atoms with Crippen molar-refractivity contribution in [1.82, 2.24) is 4.90 Å². The Labute approximate surface area is 105 Å². The molecule has 1 aliphatic heterocycles. The zero-order valence-electron chi connectivity index (χ0n) is 10.00. The largest absolute Gasteiger partial charge is 0.489 e. The van der Waals surface area contributed by atoms with E-state index in [1.54, 1.807) is 12.1 Å². The summed E-state index contributed by atoms with van der Waals surface area (Å²) in [6.07, 6.45) is 0.965. The maximum Gasteiger partial charge on any atom is 0.290 e. The normalized spacial score (nSPS) is 19.4. The molecule has 1 aromatic rings. The van der Waals surface area contributed by atoms with Gasteiger partial charge < -0.3 is 9.64 Å². The van der Waals surface area contributed by atoms with Gasteiger partial charge >= 0.3 is 0 Å². The van der Waals surface area contributed by atoms with Gasteiger partial charge in [0.15, 0.2) is 0 Å². The highest BCUT2D eigenvalue weighted by atomic mass is 16.6. The molecule has 0 amide bonds. The Balaban J connectivity index is 2.17. The van der Waals surface area contributed by atoms with Crippen LogP contribution in [-0.2, 0) is 0 Å². The highest BCUT2D eigenvalue weighted by molar-refractivity contribution is 5.52. The number of nitro benzene ring substituents is 1. The molecular weight excluding hydrogens is 234 g/mol. The van der Waals surface area contributed by atoms with Crippen molar-refractivity contribution >= 4 is 5.69 Å². The number of hydrogen-bond acceptors (Lipinski definition) is 5. The van der Waals surface area contributed by atoms with Crippen LogP contribution in [0.4, 0.5) is 5.69 Å². The van der Waals surface area contributed by atoms with Gasteiger partial charge in [-0.2, -0.15) is 5.26 Å². The minimum Gasteiger partial charge on any atom is -0.489 e. The third-order valence-corrected chi connectivity index (χ3v) is 2.94. The van der Waals surface area contributed by atoms with Crippen molar-refractivity contribution in [3.05, 3.63) is 33.9 Å². The molecule has 94 valence electrons. The molecule has 1 fully saturated rings. The number of hydrogen-bond donors (Lipinski definition) is 0. The summed E-state index contributed by atoms with van der Waals surface area (Å²) in [6.45, 7) is 1.77. The van der Waals surface area contributed by atoms with Crippen molar-refractivity contribution in [2.24, 2.45) is 0 Å². The first-order valence-electron chi connectivity index (χ1n) is 5.64. The molecule has 6 nitrogen and oxygen atoms in total. The molecule has 0 saturated carbocycles. The quantitative estimate of drug-likeness (QED) is 0.598. The standard InChI is InChI=1S/C12H13N3O3/c1-14-5-4-11(8-14)18-10-3-2-9(7-13)12(6-10)15(16)17/h2-3,6,11H,4-5,8H2,1H3. The average molecular weight is 247 g/mol. The van der Waals surface area contributed by atoms with E-state index in [9.17, 15) is 10.1 Å². The Morgan fingerprint density at radius 1 is 1.61 bits per heavy atom. The van der Waals surface area contributed by atoms with E-state index in [2.05, 4.69) is 4.90 Å². The Morgan fingerprint density at radius 2 is 2.39 bits per heavy atom. The van der Waals surface area contributed by atoms with Gasteiger partial charge in [0.2, 0.25) is 0 Å². The molecule has 0 N–H and O–H groups in total. The molecular formula is C12H13N3O3. The van der Waals surface area contributed by atoms with Gasteiger partial charge in [-0.25, -0.2) is 0 Å². The van der Waals surface area contributed by atoms with Crippen LogP contribution in [0.2, 0.25) is 0 Å². The maximum atomic E-state index is 10.8. The highest BCUT2D eigenvalue weighted by Crippen LogP contribution is 2.26. The lowest BCUT2D eigenvalue weighted by Gasteiger charge is -2.13. The van der Waals surface area contributed by atoms with Gasteiger partial charge in [-0.05, 0) is 25.6 Å². The van der Waals surface area contributed by atoms with Crippen molar-refractivity contribution in [1.29, 1.82) is 5.26 Å². The Bertz CT molecular complexity index is 510. The second-order valence-corrected chi connectivity index (χ2v) is 4.34. The van der Waals surface area contributed by atoms with Gasteiger partial charge in [0.1, 0.15) is 23.5 Å². The molecule has 18 heavy (non-hydrogen) atoms. The van der Waals surface area contributed by atoms with Crippen LogP contribution in [0, 0.1) is 21.4 Å². The van der Waals surface area contributed by atoms with Crippen LogP contribution in [0.1, 0.15) is 12.0 Å². The van der Waals surface area contributed by atoms with Gasteiger partial charge in [0, 0.05) is 13.1 Å². The molecule has 2 rings (SSSR count). The van der Waals surface area contributed by atoms with E-state index in [0.717, 1.165) is 19.5 Å². The molecule has 1 aromatic carbocycles. The second kappa shape index (κ2) is 5.02. The number of benzene rings is 1. The predicted molar refractivity (Wildman–Crippen MR) is 64.3 cm³/mol. The fraction of sp³-hybridized carbons (Fsp3) is 0.417. The van der Waals surface area contributed by atoms with Crippen molar-refractivity contribution in [3.8, 4) is 11.8 Å². The molecule has 1 saturated heterocycles. The summed E-state index contributed by atoms with van der Waals surface area (Å²) < 4.78 is 5.68. The topological polar surface area (TPSA) is 79.4 Å². The molecule has 1 unspecified atom stereocenters. The monoisotopic (exact) mass is 247 g/mol. The molecule has 0 radical (unpaired) electrons. The number of nitriles is 1. The Kier molecular flexibility index (Phi) is 3.44. The first-order valence-corrected chi connectivity index (χ1v) is 5.64. The van der Waals surface area contributed by atoms with E-state index < -0.39 is 4.92 Å². The summed E-state index contributed by atoms with van der Waals surface area (Å²) in [4.78, 5) is 12.4. The molecule has 0 spiro atoms. The third-order valence-electron chi connectivity index (χ3n) is 2.94. The molecule has 0 bridgehead atoms. The van der Waals surface area contributed by atoms with Crippen LogP contribution in [0.25, 0.3) is 0 Å². The van der Waals surface area contributed by atoms with Crippen LogP contribution in [0.5, 0.6) is 5.75 Å². The molecule has 1 atom stereocenters. The van der Waals surface area contributed by atoms with Gasteiger partial charge in [-0.1, -0.05) is 0 Å². The maximum absolute atomic E-state index is 10.8. The predicted octanol–water partition coefficient (Wildman–Crippen LogP) is 1.55. The molecule has 0 aliphatic carbocycles. The van der Waals surface area contributed by atoms with E-state index in [-0.39, 0.29) is 17.4 Å². The lowest BCUT2D eigenvalue weighted by molar-refractivity contribution is -0.385. The lowest BCUT2D eigenvalue weighted by atomic mass is 10.2. The van der Waals surface area contributed by atoms with Crippen LogP contribution in [0.3, 0.4) is 0 Å². The first-order chi connectivity index (χ1) is 8.60. The van der Waals surface area contributed by atoms with E-state index in [0.29, 0.717) is 5.75 Å². The number of nitro groups is 1. The SMILES string of the molecule is CN1CCC(Oc2ccc(C#N)c([N+](=O)[O-])c2)C1. The Morgan fingerprint density at radius 3 is 2.94 bits per heavy atom. The van der Waals surface area contributed by atoms with E-state index in [1.807, 2.05) is 7.05 Å². The zero-order valence-corrected chi connectivity index (χ0v) is 10.00. The van der Waals surface area contributed by atoms with Gasteiger partial charge in [-0.3, -0.25) is 10.1 Å². The molecule has 1 aliphatic rings. The highest BCUT2D eigenvalue weighted by Gasteiger charge is 2.22. The van der Waals surface area contributed by atoms with Crippen molar-refractivity contribution in [2.75, 3.05) is 20.1 Å². The first kappa shape index (κ1) is 12.3. The fourth-order valence-electron chi connectivity index (χ4n) is 2.01. The van der Waals surface area contributed by atoms with E-state index >= 15 is 0 Å². The van der Waals surface area contributed by atoms with E-state index in [4.69, 9.17) is 10.00 Å². The molecule has 1 heterocycles. The number of rotatable bonds is 3. The number of ether oxygens (including phenoxy) is 1. The zero-order chi connectivity index (χ0) is 13.1. The lowest BCUT2D eigenvalue weighted by Crippen LogP contribution is -2.21. The van der Waals surface area contributed by atoms with Crippen LogP contribution in [0.15, 0.2) is 18.2 Å². The molecule has 6 heteroatoms. The summed E-state index contributed by atoms with van der Waals surface area (Å²) in [5, 5.41) is 19.6. The summed E-state index contributed by atoms with van der Waals surface area (Å²) >= 11 is 0. The average Bonchev–Trinajstić information content (AvgIpc) is 2.74. The van der Waals surface area contributed by atoms with Gasteiger partial charge in [0.25, 0.3) is 5.69 Å². The van der Waals surface area contributed by atoms with Crippen molar-refractivity contribution in [3.63, 3.8) is 0 Å². The number of likely N-dealkylation sites (N-methyl/N-ethyl adjacent to an activating group) is 1. The van der Waals surface area contributed by atoms with E-state index in [1.165, 1.54) is 12.1 Å². The second-order valence-electron chi connectivity index (χ2n) is 4.34. The number of likely N-dealkylation sites (tertiary alicyclic amines) is 1. The summed E-state index contributed by atoms with van der Waals surface area (Å²) in [7, 11) is 2.00. The van der Waals surface area contributed by atoms with Crippen LogP contribution < -0.4 is 4.74 Å². The van der Waals surface area contributed by atoms with Crippen molar-refractivity contribution < 1.29 is 9.66 Å². The third kappa shape index (κ3) is 2.57. The number of nitrogens with zero attached hydrogens (tertiary/aromatic N) is 3. The minimum absolute atomic E-state index is 0.0517. The van der Waals surface area contributed by atoms with Gasteiger partial charge in [0.05, 0.1) is 11.0 Å².